The van der Waals surface area contributed by atoms with Gasteiger partial charge in [-0.2, -0.15) is 0 Å². The van der Waals surface area contributed by atoms with E-state index in [2.05, 4.69) is 35.1 Å². The molecule has 2 aromatic carbocycles. The molecule has 0 saturated heterocycles. The maximum Gasteiger partial charge on any atom is 0.407 e. The van der Waals surface area contributed by atoms with Crippen molar-refractivity contribution in [2.45, 2.75) is 30.9 Å². The first-order valence-corrected chi connectivity index (χ1v) is 10.8. The summed E-state index contributed by atoms with van der Waals surface area (Å²) in [7, 11) is 1.34. The molecule has 1 fully saturated rings. The van der Waals surface area contributed by atoms with Crippen molar-refractivity contribution in [3.63, 3.8) is 0 Å². The molecule has 0 aromatic heterocycles. The van der Waals surface area contributed by atoms with E-state index in [1.165, 1.54) is 7.11 Å². The number of rotatable bonds is 9. The van der Waals surface area contributed by atoms with Crippen LogP contribution in [0.3, 0.4) is 0 Å². The summed E-state index contributed by atoms with van der Waals surface area (Å²) in [5, 5.41) is 11.8. The summed E-state index contributed by atoms with van der Waals surface area (Å²) in [6, 6.07) is 16.0. The second-order valence-electron chi connectivity index (χ2n) is 8.20. The third-order valence-electron chi connectivity index (χ3n) is 6.07. The average Bonchev–Trinajstić information content (AvgIpc) is 3.10. The summed E-state index contributed by atoms with van der Waals surface area (Å²) < 4.78 is 10.3. The van der Waals surface area contributed by atoms with E-state index < -0.39 is 24.1 Å². The topological polar surface area (TPSA) is 123 Å². The highest BCUT2D eigenvalue weighted by Crippen LogP contribution is 2.44. The number of carbonyl (C=O) groups is 3. The quantitative estimate of drug-likeness (QED) is 0.497. The fraction of sp³-hybridized carbons (Fsp3) is 0.375. The lowest BCUT2D eigenvalue weighted by Crippen LogP contribution is -2.50. The van der Waals surface area contributed by atoms with Gasteiger partial charge < -0.3 is 19.9 Å². The van der Waals surface area contributed by atoms with Crippen molar-refractivity contribution in [2.24, 2.45) is 5.92 Å². The molecule has 0 aliphatic heterocycles. The number of benzene rings is 2. The van der Waals surface area contributed by atoms with Crippen LogP contribution in [0.2, 0.25) is 0 Å². The van der Waals surface area contributed by atoms with Gasteiger partial charge in [0.1, 0.15) is 6.61 Å². The van der Waals surface area contributed by atoms with Gasteiger partial charge in [0.15, 0.2) is 0 Å². The summed E-state index contributed by atoms with van der Waals surface area (Å²) >= 11 is 0. The van der Waals surface area contributed by atoms with Gasteiger partial charge in [0, 0.05) is 25.0 Å². The highest BCUT2D eigenvalue weighted by atomic mass is 16.7. The molecule has 2 aromatic rings. The number of carbonyl (C=O) groups excluding carboxylic acids is 2. The smallest absolute Gasteiger partial charge is 0.407 e. The lowest BCUT2D eigenvalue weighted by molar-refractivity contribution is -0.167. The molecule has 3 N–H and O–H groups in total. The van der Waals surface area contributed by atoms with Gasteiger partial charge in [-0.3, -0.25) is 9.63 Å². The molecule has 2 amide bonds. The van der Waals surface area contributed by atoms with Gasteiger partial charge in [0.25, 0.3) is 0 Å². The third-order valence-corrected chi connectivity index (χ3v) is 6.07. The average molecular weight is 454 g/mol. The van der Waals surface area contributed by atoms with E-state index in [9.17, 15) is 14.4 Å². The maximum atomic E-state index is 12.3. The second kappa shape index (κ2) is 10.0. The molecule has 33 heavy (non-hydrogen) atoms. The molecule has 2 aliphatic carbocycles. The summed E-state index contributed by atoms with van der Waals surface area (Å²) in [4.78, 5) is 40.3. The normalized spacial score (nSPS) is 19.5. The van der Waals surface area contributed by atoms with Crippen LogP contribution in [0.5, 0.6) is 0 Å². The molecule has 0 radical (unpaired) electrons. The van der Waals surface area contributed by atoms with Crippen LogP contribution in [0, 0.1) is 5.92 Å². The Morgan fingerprint density at radius 1 is 1.03 bits per heavy atom. The second-order valence-corrected chi connectivity index (χ2v) is 8.20. The Kier molecular flexibility index (Phi) is 6.90. The number of alkyl carbamates (subject to hydrolysis) is 1. The monoisotopic (exact) mass is 454 g/mol. The number of carboxylic acid groups (broad SMARTS) is 1. The lowest BCUT2D eigenvalue weighted by atomic mass is 9.80. The Hall–Kier alpha value is -3.43. The van der Waals surface area contributed by atoms with Crippen LogP contribution in [0.4, 0.5) is 4.79 Å². The Balaban J connectivity index is 1.22. The number of aliphatic carboxylic acids is 1. The van der Waals surface area contributed by atoms with Crippen molar-refractivity contribution >= 4 is 18.0 Å². The highest BCUT2D eigenvalue weighted by molar-refractivity contribution is 5.80. The summed E-state index contributed by atoms with van der Waals surface area (Å²) in [5.41, 5.74) is 6.76. The third kappa shape index (κ3) is 4.99. The standard InChI is InChI=1S/C24H26N2O7/c1-31-13-21(23(28)29)33-26-22(27)14-10-15(11-14)25-24(30)32-12-20-18-8-4-2-6-16(18)17-7-3-5-9-19(17)20/h2-9,14-15,20-21H,10-13H2,1H3,(H,25,30)(H,26,27)(H,28,29). The first-order chi connectivity index (χ1) is 16.0. The van der Waals surface area contributed by atoms with E-state index >= 15 is 0 Å². The number of amides is 2. The molecule has 1 saturated carbocycles. The predicted octanol–water partition coefficient (Wildman–Crippen LogP) is 2.45. The Bertz CT molecular complexity index is 989. The largest absolute Gasteiger partial charge is 0.479 e. The van der Waals surface area contributed by atoms with Crippen LogP contribution in [0.15, 0.2) is 48.5 Å². The SMILES string of the molecule is COCC(ONC(=O)C1CC(NC(=O)OCC2c3ccccc3-c3ccccc32)C1)C(=O)O. The van der Waals surface area contributed by atoms with Gasteiger partial charge in [-0.05, 0) is 35.1 Å². The molecule has 1 atom stereocenters. The maximum absolute atomic E-state index is 12.3. The van der Waals surface area contributed by atoms with E-state index in [1.54, 1.807) is 0 Å². The molecule has 174 valence electrons. The van der Waals surface area contributed by atoms with Crippen molar-refractivity contribution in [1.82, 2.24) is 10.8 Å². The number of ether oxygens (including phenoxy) is 2. The summed E-state index contributed by atoms with van der Waals surface area (Å²) in [6.45, 7) is 0.0344. The first-order valence-electron chi connectivity index (χ1n) is 10.8. The molecule has 9 nitrogen and oxygen atoms in total. The molecule has 9 heteroatoms. The number of nitrogens with one attached hydrogen (secondary N) is 2. The van der Waals surface area contributed by atoms with Crippen LogP contribution in [-0.2, 0) is 23.9 Å². The van der Waals surface area contributed by atoms with Crippen LogP contribution >= 0.6 is 0 Å². The van der Waals surface area contributed by atoms with Crippen molar-refractivity contribution in [2.75, 3.05) is 20.3 Å². The molecular weight excluding hydrogens is 428 g/mol. The first kappa shape index (κ1) is 22.8. The van der Waals surface area contributed by atoms with Crippen LogP contribution < -0.4 is 10.8 Å². The van der Waals surface area contributed by atoms with Crippen molar-refractivity contribution in [1.29, 1.82) is 0 Å². The molecule has 4 rings (SSSR count). The number of fused-ring (bicyclic) bond motifs is 3. The highest BCUT2D eigenvalue weighted by Gasteiger charge is 2.37. The van der Waals surface area contributed by atoms with E-state index in [0.717, 1.165) is 22.3 Å². The number of hydroxylamine groups is 1. The molecule has 0 bridgehead atoms. The minimum atomic E-state index is -1.28. The zero-order valence-corrected chi connectivity index (χ0v) is 18.2. The van der Waals surface area contributed by atoms with Gasteiger partial charge >= 0.3 is 12.1 Å². The van der Waals surface area contributed by atoms with Gasteiger partial charge in [-0.25, -0.2) is 15.1 Å². The Morgan fingerprint density at radius 3 is 2.21 bits per heavy atom. The van der Waals surface area contributed by atoms with E-state index in [4.69, 9.17) is 19.4 Å². The van der Waals surface area contributed by atoms with Gasteiger partial charge in [0.2, 0.25) is 12.0 Å². The number of methoxy groups -OCH3 is 1. The van der Waals surface area contributed by atoms with E-state index in [-0.39, 0.29) is 31.1 Å². The zero-order valence-electron chi connectivity index (χ0n) is 18.2. The lowest BCUT2D eigenvalue weighted by Gasteiger charge is -2.34. The minimum Gasteiger partial charge on any atom is -0.479 e. The Morgan fingerprint density at radius 2 is 1.64 bits per heavy atom. The van der Waals surface area contributed by atoms with Crippen LogP contribution in [0.25, 0.3) is 11.1 Å². The van der Waals surface area contributed by atoms with E-state index in [1.807, 2.05) is 24.3 Å². The van der Waals surface area contributed by atoms with Crippen LogP contribution in [-0.4, -0.2) is 55.5 Å². The zero-order chi connectivity index (χ0) is 23.4. The minimum absolute atomic E-state index is 0.0190. The van der Waals surface area contributed by atoms with Gasteiger partial charge in [-0.15, -0.1) is 0 Å². The molecule has 1 unspecified atom stereocenters. The van der Waals surface area contributed by atoms with Crippen molar-refractivity contribution in [3.05, 3.63) is 59.7 Å². The molecule has 0 heterocycles. The van der Waals surface area contributed by atoms with Crippen molar-refractivity contribution < 1.29 is 33.8 Å². The predicted molar refractivity (Wildman–Crippen MR) is 117 cm³/mol. The van der Waals surface area contributed by atoms with Gasteiger partial charge in [-0.1, -0.05) is 48.5 Å². The van der Waals surface area contributed by atoms with Crippen molar-refractivity contribution in [3.8, 4) is 11.1 Å². The summed E-state index contributed by atoms with van der Waals surface area (Å²) in [6.07, 6.45) is -0.972. The number of hydrogen-bond acceptors (Lipinski definition) is 6. The van der Waals surface area contributed by atoms with E-state index in [0.29, 0.717) is 12.8 Å². The fourth-order valence-electron chi connectivity index (χ4n) is 4.28. The molecule has 2 aliphatic rings. The van der Waals surface area contributed by atoms with Gasteiger partial charge in [0.05, 0.1) is 6.61 Å². The molecular formula is C24H26N2O7. The Labute approximate surface area is 191 Å². The van der Waals surface area contributed by atoms with Crippen LogP contribution in [0.1, 0.15) is 29.9 Å². The summed E-state index contributed by atoms with van der Waals surface area (Å²) in [5.74, 6) is -2.06. The number of hydrogen-bond donors (Lipinski definition) is 3. The molecule has 0 spiro atoms. The fourth-order valence-corrected chi connectivity index (χ4v) is 4.28. The number of carboxylic acids is 1.